The summed E-state index contributed by atoms with van der Waals surface area (Å²) in [5.74, 6) is -0.902. The Labute approximate surface area is 73.1 Å². The highest BCUT2D eigenvalue weighted by Crippen LogP contribution is 2.20. The predicted molar refractivity (Wildman–Crippen MR) is 40.8 cm³/mol. The molecule has 13 heavy (non-hydrogen) atoms. The second-order valence-corrected chi connectivity index (χ2v) is 2.08. The Morgan fingerprint density at radius 2 is 2.23 bits per heavy atom. The van der Waals surface area contributed by atoms with Gasteiger partial charge in [0.15, 0.2) is 5.69 Å². The zero-order valence-electron chi connectivity index (χ0n) is 6.92. The summed E-state index contributed by atoms with van der Waals surface area (Å²) < 4.78 is 29.3. The highest BCUT2D eigenvalue weighted by molar-refractivity contribution is 5.50. The molecule has 72 valence electrons. The SMILES string of the molecule is COc1nnnc(F)c1NCCF. The van der Waals surface area contributed by atoms with Crippen molar-refractivity contribution in [3.63, 3.8) is 0 Å². The number of nitrogens with zero attached hydrogens (tertiary/aromatic N) is 3. The number of hydrogen-bond acceptors (Lipinski definition) is 5. The molecule has 5 nitrogen and oxygen atoms in total. The van der Waals surface area contributed by atoms with Crippen molar-refractivity contribution < 1.29 is 13.5 Å². The largest absolute Gasteiger partial charge is 0.478 e. The molecule has 0 spiro atoms. The van der Waals surface area contributed by atoms with Crippen LogP contribution in [0.2, 0.25) is 0 Å². The van der Waals surface area contributed by atoms with Crippen LogP contribution >= 0.6 is 0 Å². The molecule has 0 saturated carbocycles. The third-order valence-electron chi connectivity index (χ3n) is 1.28. The third kappa shape index (κ3) is 2.20. The van der Waals surface area contributed by atoms with E-state index in [1.807, 2.05) is 0 Å². The van der Waals surface area contributed by atoms with Crippen LogP contribution in [0.15, 0.2) is 0 Å². The van der Waals surface area contributed by atoms with Gasteiger partial charge in [-0.25, -0.2) is 4.39 Å². The Balaban J connectivity index is 2.87. The van der Waals surface area contributed by atoms with Gasteiger partial charge in [-0.15, -0.1) is 0 Å². The Kier molecular flexibility index (Phi) is 3.30. The van der Waals surface area contributed by atoms with Crippen LogP contribution in [-0.2, 0) is 0 Å². The molecule has 1 N–H and O–H groups in total. The number of aromatic nitrogens is 3. The predicted octanol–water partition coefficient (Wildman–Crippen LogP) is 0.401. The summed E-state index contributed by atoms with van der Waals surface area (Å²) in [5, 5.41) is 12.0. The third-order valence-corrected chi connectivity index (χ3v) is 1.28. The van der Waals surface area contributed by atoms with Crippen LogP contribution in [0.3, 0.4) is 0 Å². The normalized spacial score (nSPS) is 9.77. The Bertz CT molecular complexity index is 283. The first-order valence-corrected chi connectivity index (χ1v) is 3.52. The maximum Gasteiger partial charge on any atom is 0.263 e. The van der Waals surface area contributed by atoms with Crippen molar-refractivity contribution in [3.8, 4) is 5.88 Å². The monoisotopic (exact) mass is 190 g/mol. The minimum atomic E-state index is -0.861. The molecule has 0 bridgehead atoms. The maximum absolute atomic E-state index is 12.9. The number of methoxy groups -OCH3 is 1. The topological polar surface area (TPSA) is 59.9 Å². The lowest BCUT2D eigenvalue weighted by Gasteiger charge is -2.06. The van der Waals surface area contributed by atoms with Crippen LogP contribution in [-0.4, -0.2) is 35.7 Å². The number of anilines is 1. The minimum absolute atomic E-state index is 0.0271. The highest BCUT2D eigenvalue weighted by Gasteiger charge is 2.11. The van der Waals surface area contributed by atoms with Crippen molar-refractivity contribution in [1.29, 1.82) is 0 Å². The van der Waals surface area contributed by atoms with Crippen LogP contribution < -0.4 is 10.1 Å². The summed E-state index contributed by atoms with van der Waals surface area (Å²) in [6.45, 7) is -0.647. The molecule has 7 heteroatoms. The van der Waals surface area contributed by atoms with E-state index in [9.17, 15) is 8.78 Å². The van der Waals surface area contributed by atoms with Gasteiger partial charge in [0.05, 0.1) is 7.11 Å². The maximum atomic E-state index is 12.9. The van der Waals surface area contributed by atoms with Crippen molar-refractivity contribution in [1.82, 2.24) is 15.4 Å². The van der Waals surface area contributed by atoms with Crippen LogP contribution in [0.4, 0.5) is 14.5 Å². The molecular formula is C6H8F2N4O. The van der Waals surface area contributed by atoms with E-state index in [-0.39, 0.29) is 18.1 Å². The van der Waals surface area contributed by atoms with Crippen LogP contribution in [0, 0.1) is 5.95 Å². The van der Waals surface area contributed by atoms with Crippen LogP contribution in [0.25, 0.3) is 0 Å². The van der Waals surface area contributed by atoms with Gasteiger partial charge in [-0.2, -0.15) is 4.39 Å². The van der Waals surface area contributed by atoms with Gasteiger partial charge in [0.2, 0.25) is 0 Å². The molecule has 1 rings (SSSR count). The molecule has 0 radical (unpaired) electrons. The second kappa shape index (κ2) is 4.48. The van der Waals surface area contributed by atoms with E-state index in [2.05, 4.69) is 25.5 Å². The quantitative estimate of drug-likeness (QED) is 0.744. The molecule has 1 aromatic heterocycles. The molecule has 0 atom stereocenters. The second-order valence-electron chi connectivity index (χ2n) is 2.08. The van der Waals surface area contributed by atoms with E-state index in [4.69, 9.17) is 0 Å². The summed E-state index contributed by atoms with van der Waals surface area (Å²) in [5.41, 5.74) is -0.0739. The molecule has 0 aliphatic carbocycles. The van der Waals surface area contributed by atoms with Crippen molar-refractivity contribution in [3.05, 3.63) is 5.95 Å². The van der Waals surface area contributed by atoms with Gasteiger partial charge >= 0.3 is 0 Å². The first kappa shape index (κ1) is 9.56. The number of rotatable bonds is 4. The van der Waals surface area contributed by atoms with Gasteiger partial charge in [0.1, 0.15) is 6.67 Å². The van der Waals surface area contributed by atoms with E-state index in [0.29, 0.717) is 0 Å². The van der Waals surface area contributed by atoms with Gasteiger partial charge in [-0.1, -0.05) is 10.2 Å². The molecular weight excluding hydrogens is 182 g/mol. The van der Waals surface area contributed by atoms with Crippen molar-refractivity contribution in [2.24, 2.45) is 0 Å². The Morgan fingerprint density at radius 1 is 1.46 bits per heavy atom. The fraction of sp³-hybridized carbons (Fsp3) is 0.500. The zero-order chi connectivity index (χ0) is 9.68. The van der Waals surface area contributed by atoms with Crippen LogP contribution in [0.5, 0.6) is 5.88 Å². The van der Waals surface area contributed by atoms with E-state index < -0.39 is 12.6 Å². The molecule has 0 aliphatic heterocycles. The van der Waals surface area contributed by atoms with Crippen LogP contribution in [0.1, 0.15) is 0 Å². The van der Waals surface area contributed by atoms with Gasteiger partial charge in [-0.3, -0.25) is 0 Å². The summed E-state index contributed by atoms with van der Waals surface area (Å²) >= 11 is 0. The lowest BCUT2D eigenvalue weighted by Crippen LogP contribution is -2.09. The standard InChI is InChI=1S/C6H8F2N4O/c1-13-6-4(9-3-2-7)5(8)10-12-11-6/h2-3H2,1H3,(H,9,12). The zero-order valence-corrected chi connectivity index (χ0v) is 6.92. The Morgan fingerprint density at radius 3 is 2.85 bits per heavy atom. The fourth-order valence-electron chi connectivity index (χ4n) is 0.754. The van der Waals surface area contributed by atoms with E-state index in [1.165, 1.54) is 7.11 Å². The van der Waals surface area contributed by atoms with Gasteiger partial charge in [-0.05, 0) is 5.21 Å². The summed E-state index contributed by atoms with van der Waals surface area (Å²) in [7, 11) is 1.31. The van der Waals surface area contributed by atoms with E-state index in [1.54, 1.807) is 0 Å². The van der Waals surface area contributed by atoms with Gasteiger partial charge in [0.25, 0.3) is 11.8 Å². The van der Waals surface area contributed by atoms with E-state index >= 15 is 0 Å². The molecule has 0 unspecified atom stereocenters. The molecule has 0 fully saturated rings. The summed E-state index contributed by atoms with van der Waals surface area (Å²) in [4.78, 5) is 0. The lowest BCUT2D eigenvalue weighted by molar-refractivity contribution is 0.381. The number of hydrogen-bond donors (Lipinski definition) is 1. The number of halogens is 2. The average molecular weight is 190 g/mol. The number of alkyl halides is 1. The minimum Gasteiger partial charge on any atom is -0.478 e. The number of nitrogens with one attached hydrogen (secondary N) is 1. The summed E-state index contributed by atoms with van der Waals surface area (Å²) in [6.07, 6.45) is 0. The Hall–Kier alpha value is -1.53. The highest BCUT2D eigenvalue weighted by atomic mass is 19.1. The average Bonchev–Trinajstić information content (AvgIpc) is 2.15. The van der Waals surface area contributed by atoms with Crippen molar-refractivity contribution in [2.45, 2.75) is 0 Å². The van der Waals surface area contributed by atoms with E-state index in [0.717, 1.165) is 0 Å². The molecule has 1 aromatic rings. The van der Waals surface area contributed by atoms with Crippen molar-refractivity contribution in [2.75, 3.05) is 25.6 Å². The molecule has 0 amide bonds. The number of ether oxygens (including phenoxy) is 1. The smallest absolute Gasteiger partial charge is 0.263 e. The fourth-order valence-corrected chi connectivity index (χ4v) is 0.754. The molecule has 0 saturated heterocycles. The molecule has 0 aliphatic rings. The first-order chi connectivity index (χ1) is 6.29. The van der Waals surface area contributed by atoms with Gasteiger partial charge in [0, 0.05) is 6.54 Å². The first-order valence-electron chi connectivity index (χ1n) is 3.52. The lowest BCUT2D eigenvalue weighted by atomic mass is 10.5. The van der Waals surface area contributed by atoms with Gasteiger partial charge < -0.3 is 10.1 Å². The van der Waals surface area contributed by atoms with Crippen molar-refractivity contribution >= 4 is 5.69 Å². The molecule has 1 heterocycles. The summed E-state index contributed by atoms with van der Waals surface area (Å²) in [6, 6.07) is 0. The molecule has 0 aromatic carbocycles.